The maximum atomic E-state index is 11.1. The van der Waals surface area contributed by atoms with Crippen LogP contribution in [0, 0.1) is 0 Å². The fourth-order valence-electron chi connectivity index (χ4n) is 1.29. The van der Waals surface area contributed by atoms with E-state index in [1.54, 1.807) is 19.2 Å². The maximum absolute atomic E-state index is 11.1. The fourth-order valence-corrected chi connectivity index (χ4v) is 1.29. The predicted octanol–water partition coefficient (Wildman–Crippen LogP) is -0.0371. The van der Waals surface area contributed by atoms with Crippen molar-refractivity contribution in [3.8, 4) is 0 Å². The molecule has 1 amide bonds. The number of fused-ring (bicyclic) bond motifs is 1. The Bertz CT molecular complexity index is 522. The van der Waals surface area contributed by atoms with Gasteiger partial charge in [0.15, 0.2) is 11.0 Å². The normalized spacial score (nSPS) is 10.3. The molecule has 4 N–H and O–H groups in total. The average Bonchev–Trinajstić information content (AvgIpc) is 2.77. The van der Waals surface area contributed by atoms with E-state index in [9.17, 15) is 4.79 Å². The molecule has 1 aromatic carbocycles. The molecule has 0 saturated heterocycles. The third-order valence-corrected chi connectivity index (χ3v) is 2.16. The molecule has 0 atom stereocenters. The van der Waals surface area contributed by atoms with Crippen LogP contribution in [0.5, 0.6) is 0 Å². The zero-order chi connectivity index (χ0) is 11.5. The highest BCUT2D eigenvalue weighted by atomic mass is 16.6. The van der Waals surface area contributed by atoms with E-state index < -0.39 is 0 Å². The summed E-state index contributed by atoms with van der Waals surface area (Å²) in [6, 6.07) is 3.41. The second kappa shape index (κ2) is 4.05. The number of likely N-dealkylation sites (N-methyl/N-ethyl adjacent to an activating group) is 1. The van der Waals surface area contributed by atoms with E-state index in [-0.39, 0.29) is 12.5 Å². The number of nitrogens with one attached hydrogen (secondary N) is 2. The number of rotatable bonds is 3. The quantitative estimate of drug-likeness (QED) is 0.628. The highest BCUT2D eigenvalue weighted by Crippen LogP contribution is 2.24. The molecule has 0 aliphatic heterocycles. The van der Waals surface area contributed by atoms with Gasteiger partial charge in [0.25, 0.3) is 0 Å². The highest BCUT2D eigenvalue weighted by molar-refractivity contribution is 5.96. The molecule has 84 valence electrons. The maximum Gasteiger partial charge on any atom is 0.239 e. The van der Waals surface area contributed by atoms with Gasteiger partial charge in [0.1, 0.15) is 0 Å². The molecule has 0 unspecified atom stereocenters. The Labute approximate surface area is 90.9 Å². The summed E-state index contributed by atoms with van der Waals surface area (Å²) in [7, 11) is 1.57. The topological polar surface area (TPSA) is 106 Å². The first-order valence-electron chi connectivity index (χ1n) is 4.67. The number of anilines is 2. The second-order valence-electron chi connectivity index (χ2n) is 3.19. The van der Waals surface area contributed by atoms with Gasteiger partial charge in [-0.05, 0) is 22.4 Å². The lowest BCUT2D eigenvalue weighted by molar-refractivity contribution is -0.118. The molecule has 2 aromatic rings. The van der Waals surface area contributed by atoms with Crippen LogP contribution in [-0.4, -0.2) is 29.8 Å². The lowest BCUT2D eigenvalue weighted by Gasteiger charge is -2.05. The summed E-state index contributed by atoms with van der Waals surface area (Å²) in [5.41, 5.74) is 7.84. The molecule has 0 spiro atoms. The lowest BCUT2D eigenvalue weighted by Crippen LogP contribution is -2.26. The summed E-state index contributed by atoms with van der Waals surface area (Å²) in [4.78, 5) is 11.1. The van der Waals surface area contributed by atoms with E-state index in [2.05, 4.69) is 25.6 Å². The lowest BCUT2D eigenvalue weighted by atomic mass is 10.2. The van der Waals surface area contributed by atoms with E-state index in [1.807, 2.05) is 0 Å². The molecule has 0 aliphatic rings. The number of nitrogen functional groups attached to an aromatic ring is 1. The molecule has 7 heteroatoms. The van der Waals surface area contributed by atoms with Gasteiger partial charge in [-0.1, -0.05) is 0 Å². The van der Waals surface area contributed by atoms with Gasteiger partial charge >= 0.3 is 0 Å². The molecule has 0 radical (unpaired) electrons. The van der Waals surface area contributed by atoms with Gasteiger partial charge < -0.3 is 16.4 Å². The standard InChI is InChI=1S/C9H11N5O2/c1-11-7(15)4-12-6-3-2-5(10)8-9(6)14-16-13-8/h2-3,12H,4,10H2,1H3,(H,11,15). The van der Waals surface area contributed by atoms with Crippen LogP contribution >= 0.6 is 0 Å². The third-order valence-electron chi connectivity index (χ3n) is 2.16. The van der Waals surface area contributed by atoms with Gasteiger partial charge in [0, 0.05) is 7.05 Å². The second-order valence-corrected chi connectivity index (χ2v) is 3.19. The van der Waals surface area contributed by atoms with Crippen molar-refractivity contribution in [2.24, 2.45) is 0 Å². The first-order chi connectivity index (χ1) is 7.72. The molecular weight excluding hydrogens is 210 g/mol. The van der Waals surface area contributed by atoms with Crippen molar-refractivity contribution in [3.05, 3.63) is 12.1 Å². The van der Waals surface area contributed by atoms with Crippen LogP contribution in [0.1, 0.15) is 0 Å². The van der Waals surface area contributed by atoms with Crippen LogP contribution < -0.4 is 16.4 Å². The minimum atomic E-state index is -0.124. The number of benzene rings is 1. The van der Waals surface area contributed by atoms with Crippen molar-refractivity contribution in [1.82, 2.24) is 15.6 Å². The van der Waals surface area contributed by atoms with Gasteiger partial charge in [0.05, 0.1) is 17.9 Å². The van der Waals surface area contributed by atoms with Crippen molar-refractivity contribution in [1.29, 1.82) is 0 Å². The van der Waals surface area contributed by atoms with E-state index in [1.165, 1.54) is 0 Å². The summed E-state index contributed by atoms with van der Waals surface area (Å²) >= 11 is 0. The van der Waals surface area contributed by atoms with Crippen molar-refractivity contribution in [2.45, 2.75) is 0 Å². The Morgan fingerprint density at radius 1 is 1.44 bits per heavy atom. The van der Waals surface area contributed by atoms with Gasteiger partial charge in [-0.15, -0.1) is 0 Å². The molecule has 0 fully saturated rings. The summed E-state index contributed by atoms with van der Waals surface area (Å²) in [5.74, 6) is -0.124. The fraction of sp³-hybridized carbons (Fsp3) is 0.222. The number of nitrogens with zero attached hydrogens (tertiary/aromatic N) is 2. The molecule has 16 heavy (non-hydrogen) atoms. The highest BCUT2D eigenvalue weighted by Gasteiger charge is 2.10. The Morgan fingerprint density at radius 3 is 2.94 bits per heavy atom. The minimum absolute atomic E-state index is 0.124. The van der Waals surface area contributed by atoms with E-state index in [4.69, 9.17) is 5.73 Å². The molecular formula is C9H11N5O2. The molecule has 7 nitrogen and oxygen atoms in total. The van der Waals surface area contributed by atoms with Crippen LogP contribution in [0.4, 0.5) is 11.4 Å². The number of amides is 1. The molecule has 1 aromatic heterocycles. The first kappa shape index (κ1) is 10.2. The van der Waals surface area contributed by atoms with Crippen LogP contribution in [0.25, 0.3) is 11.0 Å². The monoisotopic (exact) mass is 221 g/mol. The van der Waals surface area contributed by atoms with Crippen LogP contribution in [0.3, 0.4) is 0 Å². The smallest absolute Gasteiger partial charge is 0.239 e. The number of hydrogen-bond donors (Lipinski definition) is 3. The number of nitrogens with two attached hydrogens (primary N) is 1. The third kappa shape index (κ3) is 1.74. The summed E-state index contributed by atoms with van der Waals surface area (Å²) < 4.78 is 4.60. The Morgan fingerprint density at radius 2 is 2.19 bits per heavy atom. The Hall–Kier alpha value is -2.31. The van der Waals surface area contributed by atoms with Crippen LogP contribution in [0.15, 0.2) is 16.8 Å². The zero-order valence-electron chi connectivity index (χ0n) is 8.65. The Balaban J connectivity index is 2.27. The SMILES string of the molecule is CNC(=O)CNc1ccc(N)c2nonc12. The summed E-state index contributed by atoms with van der Waals surface area (Å²) in [6.07, 6.45) is 0. The van der Waals surface area contributed by atoms with Crippen molar-refractivity contribution in [2.75, 3.05) is 24.6 Å². The van der Waals surface area contributed by atoms with Gasteiger partial charge in [0.2, 0.25) is 5.91 Å². The summed E-state index contributed by atoms with van der Waals surface area (Å²) in [6.45, 7) is 0.155. The molecule has 2 rings (SSSR count). The van der Waals surface area contributed by atoms with Crippen LogP contribution in [0.2, 0.25) is 0 Å². The van der Waals surface area contributed by atoms with Crippen molar-refractivity contribution in [3.63, 3.8) is 0 Å². The number of hydrogen-bond acceptors (Lipinski definition) is 6. The molecule has 0 saturated carbocycles. The van der Waals surface area contributed by atoms with Crippen molar-refractivity contribution < 1.29 is 9.42 Å². The predicted molar refractivity (Wildman–Crippen MR) is 58.8 cm³/mol. The van der Waals surface area contributed by atoms with Crippen molar-refractivity contribution >= 4 is 28.3 Å². The van der Waals surface area contributed by atoms with Gasteiger partial charge in [-0.2, -0.15) is 0 Å². The van der Waals surface area contributed by atoms with Crippen LogP contribution in [-0.2, 0) is 4.79 Å². The minimum Gasteiger partial charge on any atom is -0.397 e. The summed E-state index contributed by atoms with van der Waals surface area (Å²) in [5, 5.41) is 12.8. The van der Waals surface area contributed by atoms with E-state index in [0.29, 0.717) is 22.4 Å². The molecule has 0 aliphatic carbocycles. The Kier molecular flexibility index (Phi) is 2.59. The largest absolute Gasteiger partial charge is 0.397 e. The number of aromatic nitrogens is 2. The van der Waals surface area contributed by atoms with Gasteiger partial charge in [-0.3, -0.25) is 4.79 Å². The van der Waals surface area contributed by atoms with E-state index >= 15 is 0 Å². The average molecular weight is 221 g/mol. The van der Waals surface area contributed by atoms with E-state index in [0.717, 1.165) is 0 Å². The molecule has 1 heterocycles. The number of carbonyl (C=O) groups excluding carboxylic acids is 1. The first-order valence-corrected chi connectivity index (χ1v) is 4.67. The zero-order valence-corrected chi connectivity index (χ0v) is 8.65. The van der Waals surface area contributed by atoms with Gasteiger partial charge in [-0.25, -0.2) is 4.63 Å². The number of carbonyl (C=O) groups is 1. The molecule has 0 bridgehead atoms.